The van der Waals surface area contributed by atoms with E-state index in [2.05, 4.69) is 10.5 Å². The van der Waals surface area contributed by atoms with Crippen LogP contribution in [-0.2, 0) is 11.4 Å². The van der Waals surface area contributed by atoms with Crippen LogP contribution in [0.15, 0.2) is 47.6 Å². The van der Waals surface area contributed by atoms with Crippen molar-refractivity contribution in [1.29, 1.82) is 0 Å². The number of nitrogens with zero attached hydrogens (tertiary/aromatic N) is 2. The zero-order valence-electron chi connectivity index (χ0n) is 18.0. The number of fused-ring (bicyclic) bond motifs is 1. The monoisotopic (exact) mass is 425 g/mol. The van der Waals surface area contributed by atoms with Gasteiger partial charge in [0.2, 0.25) is 6.79 Å². The molecular weight excluding hydrogens is 398 g/mol. The largest absolute Gasteiger partial charge is 0.497 e. The van der Waals surface area contributed by atoms with Crippen LogP contribution in [0, 0.1) is 0 Å². The van der Waals surface area contributed by atoms with Gasteiger partial charge in [-0.1, -0.05) is 17.3 Å². The summed E-state index contributed by atoms with van der Waals surface area (Å²) in [6.45, 7) is 4.96. The summed E-state index contributed by atoms with van der Waals surface area (Å²) in [5.74, 6) is 2.20. The molecule has 4 rings (SSSR count). The molecule has 0 bridgehead atoms. The predicted molar refractivity (Wildman–Crippen MR) is 116 cm³/mol. The van der Waals surface area contributed by atoms with Crippen molar-refractivity contribution in [3.05, 3.63) is 53.6 Å². The first-order chi connectivity index (χ1) is 15.0. The van der Waals surface area contributed by atoms with Crippen molar-refractivity contribution < 1.29 is 23.8 Å². The number of ether oxygens (including phenoxy) is 3. The molecule has 8 heteroatoms. The molecule has 2 aliphatic rings. The van der Waals surface area contributed by atoms with Gasteiger partial charge < -0.3 is 29.3 Å². The number of hydrogen-bond donors (Lipinski definition) is 1. The van der Waals surface area contributed by atoms with Crippen LogP contribution in [0.4, 0.5) is 4.79 Å². The van der Waals surface area contributed by atoms with Gasteiger partial charge >= 0.3 is 6.03 Å². The first kappa shape index (κ1) is 20.8. The van der Waals surface area contributed by atoms with Gasteiger partial charge in [-0.15, -0.1) is 0 Å². The van der Waals surface area contributed by atoms with Crippen LogP contribution in [0.1, 0.15) is 31.4 Å². The molecule has 0 fully saturated rings. The Morgan fingerprint density at radius 2 is 2.06 bits per heavy atom. The summed E-state index contributed by atoms with van der Waals surface area (Å²) in [4.78, 5) is 20.3. The van der Waals surface area contributed by atoms with E-state index in [1.54, 1.807) is 12.0 Å². The standard InChI is InChI=1S/C23H27N3O5/c1-15(2)24-23(27)26(12-16-5-4-6-18(9-16)28-3)13-19-11-20(25-31-19)17-7-8-21-22(10-17)30-14-29-21/h4-10,15,19H,11-14H2,1-3H3,(H,24,27). The number of oxime groups is 1. The molecule has 2 aromatic carbocycles. The van der Waals surface area contributed by atoms with Crippen molar-refractivity contribution in [1.82, 2.24) is 10.2 Å². The van der Waals surface area contributed by atoms with Crippen LogP contribution >= 0.6 is 0 Å². The molecule has 0 aromatic heterocycles. The maximum absolute atomic E-state index is 12.8. The van der Waals surface area contributed by atoms with Gasteiger partial charge in [-0.2, -0.15) is 0 Å². The van der Waals surface area contributed by atoms with Gasteiger partial charge in [0.05, 0.1) is 19.4 Å². The molecule has 2 aliphatic heterocycles. The van der Waals surface area contributed by atoms with E-state index >= 15 is 0 Å². The van der Waals surface area contributed by atoms with E-state index in [9.17, 15) is 4.79 Å². The number of urea groups is 1. The third-order valence-corrected chi connectivity index (χ3v) is 5.07. The Hall–Kier alpha value is -3.42. The Morgan fingerprint density at radius 1 is 1.23 bits per heavy atom. The van der Waals surface area contributed by atoms with Crippen LogP contribution in [0.5, 0.6) is 17.2 Å². The lowest BCUT2D eigenvalue weighted by molar-refractivity contribution is 0.0586. The minimum Gasteiger partial charge on any atom is -0.497 e. The van der Waals surface area contributed by atoms with E-state index < -0.39 is 0 Å². The predicted octanol–water partition coefficient (Wildman–Crippen LogP) is 3.54. The average Bonchev–Trinajstić information content (AvgIpc) is 3.41. The molecule has 2 aromatic rings. The molecule has 0 spiro atoms. The highest BCUT2D eigenvalue weighted by Crippen LogP contribution is 2.33. The Balaban J connectivity index is 1.43. The van der Waals surface area contributed by atoms with Crippen LogP contribution in [0.2, 0.25) is 0 Å². The molecule has 8 nitrogen and oxygen atoms in total. The van der Waals surface area contributed by atoms with Crippen molar-refractivity contribution in [2.45, 2.75) is 39.0 Å². The highest BCUT2D eigenvalue weighted by Gasteiger charge is 2.28. The van der Waals surface area contributed by atoms with Crippen LogP contribution < -0.4 is 19.5 Å². The molecule has 0 aliphatic carbocycles. The Morgan fingerprint density at radius 3 is 2.87 bits per heavy atom. The Labute approximate surface area is 181 Å². The lowest BCUT2D eigenvalue weighted by Crippen LogP contribution is -2.45. The molecule has 1 N–H and O–H groups in total. The normalized spacial score (nSPS) is 16.6. The molecule has 2 amide bonds. The Kier molecular flexibility index (Phi) is 6.16. The molecule has 31 heavy (non-hydrogen) atoms. The maximum Gasteiger partial charge on any atom is 0.318 e. The third-order valence-electron chi connectivity index (χ3n) is 5.07. The number of benzene rings is 2. The maximum atomic E-state index is 12.8. The second-order valence-corrected chi connectivity index (χ2v) is 7.87. The van der Waals surface area contributed by atoms with E-state index in [-0.39, 0.29) is 25.0 Å². The molecule has 164 valence electrons. The fourth-order valence-electron chi connectivity index (χ4n) is 3.57. The van der Waals surface area contributed by atoms with E-state index in [0.29, 0.717) is 25.3 Å². The summed E-state index contributed by atoms with van der Waals surface area (Å²) in [7, 11) is 1.63. The first-order valence-electron chi connectivity index (χ1n) is 10.3. The summed E-state index contributed by atoms with van der Waals surface area (Å²) in [6.07, 6.45) is 0.368. The third kappa shape index (κ3) is 5.02. The zero-order valence-corrected chi connectivity index (χ0v) is 18.0. The number of rotatable bonds is 7. The summed E-state index contributed by atoms with van der Waals surface area (Å²) >= 11 is 0. The number of hydrogen-bond acceptors (Lipinski definition) is 6. The second-order valence-electron chi connectivity index (χ2n) is 7.87. The smallest absolute Gasteiger partial charge is 0.318 e. The average molecular weight is 425 g/mol. The summed E-state index contributed by atoms with van der Waals surface area (Å²) in [6, 6.07) is 13.3. The molecule has 1 unspecified atom stereocenters. The lowest BCUT2D eigenvalue weighted by Gasteiger charge is -2.26. The van der Waals surface area contributed by atoms with Gasteiger partial charge in [0.25, 0.3) is 0 Å². The molecule has 0 saturated heterocycles. The molecule has 1 atom stereocenters. The SMILES string of the molecule is COc1cccc(CN(CC2CC(c3ccc4c(c3)OCO4)=NO2)C(=O)NC(C)C)c1. The van der Waals surface area contributed by atoms with Gasteiger partial charge in [0.1, 0.15) is 5.75 Å². The molecule has 0 saturated carbocycles. The number of carbonyl (C=O) groups is 1. The van der Waals surface area contributed by atoms with E-state index in [4.69, 9.17) is 19.0 Å². The van der Waals surface area contributed by atoms with Crippen molar-refractivity contribution in [2.24, 2.45) is 5.16 Å². The minimum absolute atomic E-state index is 0.0326. The number of nitrogens with one attached hydrogen (secondary N) is 1. The van der Waals surface area contributed by atoms with Crippen LogP contribution in [0.25, 0.3) is 0 Å². The minimum atomic E-state index is -0.232. The van der Waals surface area contributed by atoms with Crippen molar-refractivity contribution in [3.63, 3.8) is 0 Å². The number of methoxy groups -OCH3 is 1. The Bertz CT molecular complexity index is 975. The zero-order chi connectivity index (χ0) is 21.8. The van der Waals surface area contributed by atoms with Crippen molar-refractivity contribution >= 4 is 11.7 Å². The fourth-order valence-corrected chi connectivity index (χ4v) is 3.57. The first-order valence-corrected chi connectivity index (χ1v) is 10.3. The fraction of sp³-hybridized carbons (Fsp3) is 0.391. The van der Waals surface area contributed by atoms with E-state index in [1.165, 1.54) is 0 Å². The molecular formula is C23H27N3O5. The lowest BCUT2D eigenvalue weighted by atomic mass is 10.0. The number of carbonyl (C=O) groups excluding carboxylic acids is 1. The second kappa shape index (κ2) is 9.16. The number of amides is 2. The van der Waals surface area contributed by atoms with Gasteiger partial charge in [-0.05, 0) is 49.7 Å². The highest BCUT2D eigenvalue weighted by molar-refractivity contribution is 6.01. The van der Waals surface area contributed by atoms with Crippen LogP contribution in [0.3, 0.4) is 0 Å². The van der Waals surface area contributed by atoms with Gasteiger partial charge in [0.15, 0.2) is 17.6 Å². The van der Waals surface area contributed by atoms with Crippen LogP contribution in [-0.4, -0.2) is 49.2 Å². The highest BCUT2D eigenvalue weighted by atomic mass is 16.7. The molecule has 0 radical (unpaired) electrons. The summed E-state index contributed by atoms with van der Waals surface area (Å²) < 4.78 is 16.1. The van der Waals surface area contributed by atoms with Crippen molar-refractivity contribution in [2.75, 3.05) is 20.4 Å². The summed E-state index contributed by atoms with van der Waals surface area (Å²) in [5.41, 5.74) is 2.74. The van der Waals surface area contributed by atoms with Gasteiger partial charge in [-0.3, -0.25) is 0 Å². The van der Waals surface area contributed by atoms with Gasteiger partial charge in [0, 0.05) is 24.6 Å². The van der Waals surface area contributed by atoms with E-state index in [1.807, 2.05) is 56.3 Å². The van der Waals surface area contributed by atoms with Gasteiger partial charge in [-0.25, -0.2) is 4.79 Å². The molecule has 2 heterocycles. The summed E-state index contributed by atoms with van der Waals surface area (Å²) in [5, 5.41) is 7.23. The van der Waals surface area contributed by atoms with E-state index in [0.717, 1.165) is 28.3 Å². The topological polar surface area (TPSA) is 81.6 Å². The quantitative estimate of drug-likeness (QED) is 0.734. The van der Waals surface area contributed by atoms with Crippen molar-refractivity contribution in [3.8, 4) is 17.2 Å².